The molecule has 0 radical (unpaired) electrons. The van der Waals surface area contributed by atoms with Gasteiger partial charge in [0.05, 0.1) is 12.3 Å². The van der Waals surface area contributed by atoms with E-state index in [4.69, 9.17) is 16.6 Å². The first kappa shape index (κ1) is 13.8. The van der Waals surface area contributed by atoms with Crippen molar-refractivity contribution in [1.82, 2.24) is 10.6 Å². The van der Waals surface area contributed by atoms with Gasteiger partial charge in [0.15, 0.2) is 10.9 Å². The van der Waals surface area contributed by atoms with Crippen LogP contribution in [0, 0.1) is 0 Å². The fourth-order valence-corrected chi connectivity index (χ4v) is 2.91. The topological polar surface area (TPSA) is 54.3 Å². The Kier molecular flexibility index (Phi) is 4.01. The third kappa shape index (κ3) is 3.13. The van der Waals surface area contributed by atoms with Crippen molar-refractivity contribution in [2.75, 3.05) is 0 Å². The highest BCUT2D eigenvalue weighted by atomic mass is 32.1. The average Bonchev–Trinajstić information content (AvgIpc) is 3.02. The second-order valence-corrected chi connectivity index (χ2v) is 5.46. The summed E-state index contributed by atoms with van der Waals surface area (Å²) in [5.74, 6) is -0.0789. The van der Waals surface area contributed by atoms with Crippen LogP contribution in [0.5, 0.6) is 0 Å². The highest BCUT2D eigenvalue weighted by Gasteiger charge is 2.21. The maximum Gasteiger partial charge on any atom is 0.293 e. The second-order valence-electron chi connectivity index (χ2n) is 5.05. The number of amides is 1. The van der Waals surface area contributed by atoms with Crippen LogP contribution in [0.4, 0.5) is 0 Å². The van der Waals surface area contributed by atoms with Gasteiger partial charge in [-0.15, -0.1) is 0 Å². The minimum absolute atomic E-state index is 0.152. The lowest BCUT2D eigenvalue weighted by Crippen LogP contribution is -2.41. The Morgan fingerprint density at radius 1 is 1.24 bits per heavy atom. The fraction of sp³-hybridized carbons (Fsp3) is 0.250. The number of carbonyl (C=O) groups is 1. The number of aryl methyl sites for hydroxylation is 1. The number of fused-ring (bicyclic) bond motifs is 1. The SMILES string of the molecule is O=C(NC(=S)N[C@@H]1CCCc2ccccc21)c1ccco1. The largest absolute Gasteiger partial charge is 0.459 e. The lowest BCUT2D eigenvalue weighted by molar-refractivity contribution is 0.0949. The highest BCUT2D eigenvalue weighted by Crippen LogP contribution is 2.29. The van der Waals surface area contributed by atoms with E-state index < -0.39 is 0 Å². The van der Waals surface area contributed by atoms with Gasteiger partial charge in [0, 0.05) is 0 Å². The number of carbonyl (C=O) groups excluding carboxylic acids is 1. The van der Waals surface area contributed by atoms with Gasteiger partial charge in [-0.05, 0) is 54.7 Å². The Balaban J connectivity index is 1.65. The van der Waals surface area contributed by atoms with E-state index in [1.807, 2.05) is 6.07 Å². The maximum absolute atomic E-state index is 11.9. The molecule has 2 aromatic rings. The van der Waals surface area contributed by atoms with Gasteiger partial charge in [-0.2, -0.15) is 0 Å². The lowest BCUT2D eigenvalue weighted by atomic mass is 9.88. The summed E-state index contributed by atoms with van der Waals surface area (Å²) < 4.78 is 5.04. The zero-order valence-electron chi connectivity index (χ0n) is 11.5. The average molecular weight is 300 g/mol. The predicted octanol–water partition coefficient (Wildman–Crippen LogP) is 2.96. The van der Waals surface area contributed by atoms with Gasteiger partial charge >= 0.3 is 0 Å². The van der Waals surface area contributed by atoms with Crippen LogP contribution in [0.25, 0.3) is 0 Å². The molecule has 1 atom stereocenters. The number of hydrogen-bond acceptors (Lipinski definition) is 3. The molecular weight excluding hydrogens is 284 g/mol. The Morgan fingerprint density at radius 2 is 2.10 bits per heavy atom. The molecule has 0 spiro atoms. The molecule has 0 saturated heterocycles. The van der Waals surface area contributed by atoms with Crippen LogP contribution in [0.15, 0.2) is 47.1 Å². The molecule has 1 aromatic heterocycles. The van der Waals surface area contributed by atoms with E-state index >= 15 is 0 Å². The van der Waals surface area contributed by atoms with E-state index in [-0.39, 0.29) is 17.7 Å². The number of rotatable bonds is 2. The molecule has 0 fully saturated rings. The molecule has 3 rings (SSSR count). The zero-order chi connectivity index (χ0) is 14.7. The van der Waals surface area contributed by atoms with E-state index in [0.29, 0.717) is 5.11 Å². The predicted molar refractivity (Wildman–Crippen MR) is 84.0 cm³/mol. The van der Waals surface area contributed by atoms with Gasteiger partial charge in [-0.3, -0.25) is 10.1 Å². The molecule has 21 heavy (non-hydrogen) atoms. The van der Waals surface area contributed by atoms with Crippen LogP contribution in [0.3, 0.4) is 0 Å². The molecule has 5 heteroatoms. The van der Waals surface area contributed by atoms with Crippen LogP contribution in [0.2, 0.25) is 0 Å². The van der Waals surface area contributed by atoms with Crippen LogP contribution in [0.1, 0.15) is 40.6 Å². The van der Waals surface area contributed by atoms with E-state index in [1.165, 1.54) is 17.4 Å². The van der Waals surface area contributed by atoms with Gasteiger partial charge in [-0.1, -0.05) is 24.3 Å². The first-order valence-corrected chi connectivity index (χ1v) is 7.38. The third-order valence-corrected chi connectivity index (χ3v) is 3.87. The zero-order valence-corrected chi connectivity index (χ0v) is 12.3. The lowest BCUT2D eigenvalue weighted by Gasteiger charge is -2.27. The van der Waals surface area contributed by atoms with Crippen LogP contribution >= 0.6 is 12.2 Å². The number of thiocarbonyl (C=S) groups is 1. The summed E-state index contributed by atoms with van der Waals surface area (Å²) in [5.41, 5.74) is 2.61. The van der Waals surface area contributed by atoms with Crippen LogP contribution in [-0.2, 0) is 6.42 Å². The number of hydrogen-bond donors (Lipinski definition) is 2. The minimum Gasteiger partial charge on any atom is -0.459 e. The smallest absolute Gasteiger partial charge is 0.293 e. The second kappa shape index (κ2) is 6.10. The normalized spacial score (nSPS) is 16.9. The third-order valence-electron chi connectivity index (χ3n) is 3.65. The van der Waals surface area contributed by atoms with Gasteiger partial charge in [0.1, 0.15) is 0 Å². The molecule has 2 N–H and O–H groups in total. The molecule has 0 saturated carbocycles. The number of benzene rings is 1. The van der Waals surface area contributed by atoms with E-state index in [1.54, 1.807) is 12.1 Å². The molecule has 1 aromatic carbocycles. The van der Waals surface area contributed by atoms with Gasteiger partial charge in [0.25, 0.3) is 5.91 Å². The first-order valence-electron chi connectivity index (χ1n) is 6.97. The van der Waals surface area contributed by atoms with Crippen molar-refractivity contribution in [2.24, 2.45) is 0 Å². The fourth-order valence-electron chi connectivity index (χ4n) is 2.67. The maximum atomic E-state index is 11.9. The van der Waals surface area contributed by atoms with Gasteiger partial charge in [-0.25, -0.2) is 0 Å². The van der Waals surface area contributed by atoms with Crippen molar-refractivity contribution in [3.8, 4) is 0 Å². The van der Waals surface area contributed by atoms with Crippen LogP contribution in [-0.4, -0.2) is 11.0 Å². The summed E-state index contributed by atoms with van der Waals surface area (Å²) in [6.45, 7) is 0. The van der Waals surface area contributed by atoms with E-state index in [2.05, 4.69) is 28.8 Å². The molecule has 0 unspecified atom stereocenters. The molecular formula is C16H16N2O2S. The molecule has 1 heterocycles. The summed E-state index contributed by atoms with van der Waals surface area (Å²) in [5, 5.41) is 6.21. The Labute approximate surface area is 128 Å². The minimum atomic E-state index is -0.332. The van der Waals surface area contributed by atoms with E-state index in [0.717, 1.165) is 19.3 Å². The van der Waals surface area contributed by atoms with Crippen molar-refractivity contribution in [3.05, 3.63) is 59.5 Å². The molecule has 1 aliphatic carbocycles. The highest BCUT2D eigenvalue weighted by molar-refractivity contribution is 7.80. The summed E-state index contributed by atoms with van der Waals surface area (Å²) in [4.78, 5) is 11.9. The van der Waals surface area contributed by atoms with Crippen LogP contribution < -0.4 is 10.6 Å². The molecule has 108 valence electrons. The number of nitrogens with one attached hydrogen (secondary N) is 2. The summed E-state index contributed by atoms with van der Waals surface area (Å²) in [7, 11) is 0. The molecule has 1 amide bonds. The summed E-state index contributed by atoms with van der Waals surface area (Å²) in [6.07, 6.45) is 4.68. The van der Waals surface area contributed by atoms with Gasteiger partial charge < -0.3 is 9.73 Å². The molecule has 0 bridgehead atoms. The van der Waals surface area contributed by atoms with Crippen molar-refractivity contribution in [3.63, 3.8) is 0 Å². The monoisotopic (exact) mass is 300 g/mol. The summed E-state index contributed by atoms with van der Waals surface area (Å²) >= 11 is 5.23. The summed E-state index contributed by atoms with van der Waals surface area (Å²) in [6, 6.07) is 11.8. The van der Waals surface area contributed by atoms with Crippen molar-refractivity contribution in [1.29, 1.82) is 0 Å². The molecule has 0 aliphatic heterocycles. The number of furan rings is 1. The Morgan fingerprint density at radius 3 is 2.90 bits per heavy atom. The van der Waals surface area contributed by atoms with E-state index in [9.17, 15) is 4.79 Å². The standard InChI is InChI=1S/C16H16N2O2S/c19-15(14-9-4-10-20-14)18-16(21)17-13-8-3-6-11-5-1-2-7-12(11)13/h1-2,4-5,7,9-10,13H,3,6,8H2,(H2,17,18,19,21)/t13-/m1/s1. The molecule has 4 nitrogen and oxygen atoms in total. The Bertz CT molecular complexity index is 652. The van der Waals surface area contributed by atoms with Crippen molar-refractivity contribution >= 4 is 23.2 Å². The van der Waals surface area contributed by atoms with Gasteiger partial charge in [0.2, 0.25) is 0 Å². The first-order chi connectivity index (χ1) is 10.2. The Hall–Kier alpha value is -2.14. The quantitative estimate of drug-likeness (QED) is 0.837. The van der Waals surface area contributed by atoms with Crippen molar-refractivity contribution < 1.29 is 9.21 Å². The van der Waals surface area contributed by atoms with Crippen molar-refractivity contribution in [2.45, 2.75) is 25.3 Å². The molecule has 1 aliphatic rings.